The van der Waals surface area contributed by atoms with Crippen molar-refractivity contribution < 1.29 is 9.53 Å². The van der Waals surface area contributed by atoms with E-state index in [-0.39, 0.29) is 23.0 Å². The highest BCUT2D eigenvalue weighted by atomic mass is 16.5. The van der Waals surface area contributed by atoms with Crippen LogP contribution in [-0.4, -0.2) is 23.0 Å². The Morgan fingerprint density at radius 1 is 1.29 bits per heavy atom. The van der Waals surface area contributed by atoms with Crippen LogP contribution in [0.2, 0.25) is 0 Å². The molecule has 0 aliphatic heterocycles. The Balaban J connectivity index is 2.69. The molecule has 0 saturated carbocycles. The van der Waals surface area contributed by atoms with Crippen LogP contribution in [0.15, 0.2) is 30.3 Å². The monoisotopic (exact) mass is 283 g/mol. The van der Waals surface area contributed by atoms with Gasteiger partial charge >= 0.3 is 5.97 Å². The zero-order chi connectivity index (χ0) is 15.4. The molecule has 2 rings (SSSR count). The SMILES string of the molecule is COC(=O)C(c1ccccc1)c1nc(N)nc(N)c1C#N. The number of carbonyl (C=O) groups excluding carboxylic acids is 1. The molecule has 1 heterocycles. The van der Waals surface area contributed by atoms with Gasteiger partial charge in [-0.2, -0.15) is 10.2 Å². The summed E-state index contributed by atoms with van der Waals surface area (Å²) in [4.78, 5) is 19.9. The zero-order valence-electron chi connectivity index (χ0n) is 11.3. The third-order valence-corrected chi connectivity index (χ3v) is 2.94. The fourth-order valence-electron chi connectivity index (χ4n) is 2.01. The molecule has 0 radical (unpaired) electrons. The Morgan fingerprint density at radius 3 is 2.52 bits per heavy atom. The minimum atomic E-state index is -0.890. The molecular formula is C14H13N5O2. The fraction of sp³-hybridized carbons (Fsp3) is 0.143. The van der Waals surface area contributed by atoms with Gasteiger partial charge in [0.2, 0.25) is 5.95 Å². The van der Waals surface area contributed by atoms with Crippen LogP contribution in [-0.2, 0) is 9.53 Å². The number of methoxy groups -OCH3 is 1. The van der Waals surface area contributed by atoms with Gasteiger partial charge in [-0.1, -0.05) is 30.3 Å². The minimum Gasteiger partial charge on any atom is -0.468 e. The van der Waals surface area contributed by atoms with E-state index in [1.807, 2.05) is 12.1 Å². The molecule has 0 saturated heterocycles. The number of rotatable bonds is 3. The number of nitrogen functional groups attached to an aromatic ring is 2. The van der Waals surface area contributed by atoms with Gasteiger partial charge in [0, 0.05) is 0 Å². The van der Waals surface area contributed by atoms with Gasteiger partial charge in [-0.3, -0.25) is 4.79 Å². The van der Waals surface area contributed by atoms with Crippen molar-refractivity contribution in [2.24, 2.45) is 0 Å². The van der Waals surface area contributed by atoms with Crippen LogP contribution >= 0.6 is 0 Å². The highest BCUT2D eigenvalue weighted by molar-refractivity contribution is 5.83. The lowest BCUT2D eigenvalue weighted by molar-refractivity contribution is -0.141. The van der Waals surface area contributed by atoms with Crippen LogP contribution in [0.1, 0.15) is 22.7 Å². The van der Waals surface area contributed by atoms with Crippen molar-refractivity contribution in [2.75, 3.05) is 18.6 Å². The van der Waals surface area contributed by atoms with E-state index in [1.165, 1.54) is 7.11 Å². The normalized spacial score (nSPS) is 11.4. The molecule has 1 atom stereocenters. The van der Waals surface area contributed by atoms with Gasteiger partial charge in [-0.25, -0.2) is 4.98 Å². The van der Waals surface area contributed by atoms with Crippen LogP contribution in [0.25, 0.3) is 0 Å². The van der Waals surface area contributed by atoms with Gasteiger partial charge in [-0.15, -0.1) is 0 Å². The van der Waals surface area contributed by atoms with E-state index >= 15 is 0 Å². The van der Waals surface area contributed by atoms with Crippen molar-refractivity contribution in [3.05, 3.63) is 47.2 Å². The second-order valence-electron chi connectivity index (χ2n) is 4.21. The molecular weight excluding hydrogens is 270 g/mol. The number of hydrogen-bond acceptors (Lipinski definition) is 7. The summed E-state index contributed by atoms with van der Waals surface area (Å²) >= 11 is 0. The van der Waals surface area contributed by atoms with E-state index in [4.69, 9.17) is 16.2 Å². The van der Waals surface area contributed by atoms with E-state index in [2.05, 4.69) is 9.97 Å². The molecule has 7 nitrogen and oxygen atoms in total. The van der Waals surface area contributed by atoms with Crippen molar-refractivity contribution >= 4 is 17.7 Å². The number of carbonyl (C=O) groups is 1. The van der Waals surface area contributed by atoms with Crippen LogP contribution < -0.4 is 11.5 Å². The summed E-state index contributed by atoms with van der Waals surface area (Å²) in [6.45, 7) is 0. The lowest BCUT2D eigenvalue weighted by atomic mass is 9.93. The lowest BCUT2D eigenvalue weighted by Gasteiger charge is -2.16. The quantitative estimate of drug-likeness (QED) is 0.798. The van der Waals surface area contributed by atoms with E-state index in [0.717, 1.165) is 0 Å². The smallest absolute Gasteiger partial charge is 0.319 e. The summed E-state index contributed by atoms with van der Waals surface area (Å²) in [6.07, 6.45) is 0. The van der Waals surface area contributed by atoms with Gasteiger partial charge in [0.1, 0.15) is 23.4 Å². The molecule has 0 aliphatic rings. The van der Waals surface area contributed by atoms with Gasteiger partial charge in [-0.05, 0) is 5.56 Å². The van der Waals surface area contributed by atoms with E-state index < -0.39 is 11.9 Å². The van der Waals surface area contributed by atoms with E-state index in [9.17, 15) is 10.1 Å². The van der Waals surface area contributed by atoms with Crippen molar-refractivity contribution in [3.8, 4) is 6.07 Å². The average molecular weight is 283 g/mol. The maximum atomic E-state index is 12.1. The summed E-state index contributed by atoms with van der Waals surface area (Å²) in [5.74, 6) is -1.62. The number of benzene rings is 1. The number of esters is 1. The molecule has 0 amide bonds. The molecule has 0 spiro atoms. The molecule has 21 heavy (non-hydrogen) atoms. The number of nitriles is 1. The van der Waals surface area contributed by atoms with Crippen LogP contribution in [0.4, 0.5) is 11.8 Å². The van der Waals surface area contributed by atoms with Crippen LogP contribution in [0.3, 0.4) is 0 Å². The zero-order valence-corrected chi connectivity index (χ0v) is 11.3. The Hall–Kier alpha value is -3.14. The molecule has 106 valence electrons. The van der Waals surface area contributed by atoms with Crippen LogP contribution in [0.5, 0.6) is 0 Å². The van der Waals surface area contributed by atoms with Gasteiger partial charge in [0.05, 0.1) is 12.8 Å². The first kappa shape index (κ1) is 14.3. The Kier molecular flexibility index (Phi) is 4.00. The maximum Gasteiger partial charge on any atom is 0.319 e. The number of aromatic nitrogens is 2. The second kappa shape index (κ2) is 5.88. The summed E-state index contributed by atoms with van der Waals surface area (Å²) in [5, 5.41) is 9.24. The number of hydrogen-bond donors (Lipinski definition) is 2. The Morgan fingerprint density at radius 2 is 1.95 bits per heavy atom. The fourth-order valence-corrected chi connectivity index (χ4v) is 2.01. The topological polar surface area (TPSA) is 128 Å². The number of anilines is 2. The first-order valence-electron chi connectivity index (χ1n) is 6.04. The third kappa shape index (κ3) is 2.74. The lowest BCUT2D eigenvalue weighted by Crippen LogP contribution is -2.20. The largest absolute Gasteiger partial charge is 0.468 e. The molecule has 2 aromatic rings. The third-order valence-electron chi connectivity index (χ3n) is 2.94. The van der Waals surface area contributed by atoms with Crippen LogP contribution in [0, 0.1) is 11.3 Å². The summed E-state index contributed by atoms with van der Waals surface area (Å²) in [6, 6.07) is 10.7. The molecule has 1 aromatic carbocycles. The first-order chi connectivity index (χ1) is 10.1. The summed E-state index contributed by atoms with van der Waals surface area (Å²) < 4.78 is 4.81. The van der Waals surface area contributed by atoms with Gasteiger partial charge in [0.25, 0.3) is 0 Å². The molecule has 0 fully saturated rings. The Labute approximate surface area is 121 Å². The molecule has 4 N–H and O–H groups in total. The average Bonchev–Trinajstić information content (AvgIpc) is 2.48. The van der Waals surface area contributed by atoms with E-state index in [0.29, 0.717) is 5.56 Å². The second-order valence-corrected chi connectivity index (χ2v) is 4.21. The highest BCUT2D eigenvalue weighted by Gasteiger charge is 2.29. The molecule has 1 unspecified atom stereocenters. The highest BCUT2D eigenvalue weighted by Crippen LogP contribution is 2.29. The van der Waals surface area contributed by atoms with E-state index in [1.54, 1.807) is 24.3 Å². The predicted molar refractivity (Wildman–Crippen MR) is 75.9 cm³/mol. The molecule has 7 heteroatoms. The van der Waals surface area contributed by atoms with Crippen molar-refractivity contribution in [1.82, 2.24) is 9.97 Å². The maximum absolute atomic E-state index is 12.1. The number of nitrogens with two attached hydrogens (primary N) is 2. The van der Waals surface area contributed by atoms with Gasteiger partial charge < -0.3 is 16.2 Å². The standard InChI is InChI=1S/C14H13N5O2/c1-21-13(20)10(8-5-3-2-4-6-8)11-9(7-15)12(16)19-14(17)18-11/h2-6,10H,1H3,(H4,16,17,18,19). The summed E-state index contributed by atoms with van der Waals surface area (Å²) in [7, 11) is 1.26. The first-order valence-corrected chi connectivity index (χ1v) is 6.04. The summed E-state index contributed by atoms with van der Waals surface area (Å²) in [5.41, 5.74) is 12.0. The van der Waals surface area contributed by atoms with Crippen molar-refractivity contribution in [2.45, 2.75) is 5.92 Å². The molecule has 1 aromatic heterocycles. The minimum absolute atomic E-state index is 0.0171. The number of nitrogens with zero attached hydrogens (tertiary/aromatic N) is 3. The van der Waals surface area contributed by atoms with Gasteiger partial charge in [0.15, 0.2) is 0 Å². The predicted octanol–water partition coefficient (Wildman–Crippen LogP) is 0.818. The number of ether oxygens (including phenoxy) is 1. The Bertz CT molecular complexity index is 709. The van der Waals surface area contributed by atoms with Crippen molar-refractivity contribution in [1.29, 1.82) is 5.26 Å². The van der Waals surface area contributed by atoms with Crippen molar-refractivity contribution in [3.63, 3.8) is 0 Å². The molecule has 0 bridgehead atoms. The molecule has 0 aliphatic carbocycles.